The molecule has 1 heterocycles. The van der Waals surface area contributed by atoms with Crippen LogP contribution in [0.3, 0.4) is 0 Å². The lowest BCUT2D eigenvalue weighted by Gasteiger charge is -2.06. The van der Waals surface area contributed by atoms with Crippen molar-refractivity contribution in [1.29, 1.82) is 0 Å². The average molecular weight is 291 g/mol. The number of benzene rings is 2. The van der Waals surface area contributed by atoms with E-state index >= 15 is 0 Å². The maximum atomic E-state index is 12.5. The summed E-state index contributed by atoms with van der Waals surface area (Å²) in [5, 5.41) is 1.29. The van der Waals surface area contributed by atoms with Crippen LogP contribution in [0.2, 0.25) is 0 Å². The summed E-state index contributed by atoms with van der Waals surface area (Å²) in [5.74, 6) is 0.484. The van der Waals surface area contributed by atoms with E-state index in [1.165, 1.54) is 0 Å². The molecule has 0 aliphatic carbocycles. The second-order valence-corrected chi connectivity index (χ2v) is 5.59. The minimum atomic E-state index is -0.307. The van der Waals surface area contributed by atoms with Crippen molar-refractivity contribution in [1.82, 2.24) is 0 Å². The smallest absolute Gasteiger partial charge is 0.196 e. The Labute approximate surface area is 127 Å². The van der Waals surface area contributed by atoms with E-state index in [0.717, 1.165) is 16.6 Å². The van der Waals surface area contributed by atoms with Gasteiger partial charge >= 0.3 is 0 Å². The third-order valence-corrected chi connectivity index (χ3v) is 4.27. The first kappa shape index (κ1) is 13.9. The molecule has 3 nitrogen and oxygen atoms in total. The van der Waals surface area contributed by atoms with E-state index in [1.807, 2.05) is 30.3 Å². The number of ether oxygens (including phenoxy) is 1. The zero-order valence-electron chi connectivity index (χ0n) is 11.0. The van der Waals surface area contributed by atoms with E-state index in [9.17, 15) is 9.59 Å². The van der Waals surface area contributed by atoms with E-state index in [4.69, 9.17) is 12.5 Å². The van der Waals surface area contributed by atoms with Gasteiger partial charge in [-0.1, -0.05) is 12.1 Å². The van der Waals surface area contributed by atoms with Gasteiger partial charge in [-0.25, -0.2) is 0 Å². The number of fused-ring (bicyclic) bond motifs is 2. The van der Waals surface area contributed by atoms with Crippen LogP contribution in [0.5, 0.6) is 5.75 Å². The molecule has 0 saturated heterocycles. The summed E-state index contributed by atoms with van der Waals surface area (Å²) in [6.45, 7) is -0.132. The first-order chi connectivity index (χ1) is 10.2. The monoisotopic (exact) mass is 291 g/mol. The average Bonchev–Trinajstić information content (AvgIpc) is 2.53. The molecule has 2 aromatic carbocycles. The van der Waals surface area contributed by atoms with E-state index in [1.54, 1.807) is 23.5 Å². The van der Waals surface area contributed by atoms with Crippen LogP contribution < -0.4 is 10.2 Å². The molecule has 3 radical (unpaired) electrons. The minimum absolute atomic E-state index is 0.0264. The third-order valence-electron chi connectivity index (χ3n) is 3.11. The van der Waals surface area contributed by atoms with E-state index in [2.05, 4.69) is 0 Å². The molecule has 3 aromatic rings. The Morgan fingerprint density at radius 3 is 2.71 bits per heavy atom. The van der Waals surface area contributed by atoms with Crippen molar-refractivity contribution in [3.8, 4) is 5.75 Å². The van der Waals surface area contributed by atoms with Crippen LogP contribution in [0.4, 0.5) is 0 Å². The summed E-state index contributed by atoms with van der Waals surface area (Å²) in [4.78, 5) is 23.6. The van der Waals surface area contributed by atoms with E-state index < -0.39 is 0 Å². The zero-order chi connectivity index (χ0) is 14.8. The van der Waals surface area contributed by atoms with Crippen LogP contribution in [0.1, 0.15) is 0 Å². The van der Waals surface area contributed by atoms with E-state index in [-0.39, 0.29) is 17.7 Å². The highest BCUT2D eigenvalue weighted by atomic mass is 32.1. The maximum Gasteiger partial charge on any atom is 0.196 e. The van der Waals surface area contributed by atoms with Gasteiger partial charge in [-0.2, -0.15) is 0 Å². The van der Waals surface area contributed by atoms with Crippen molar-refractivity contribution in [2.45, 2.75) is 0 Å². The highest BCUT2D eigenvalue weighted by molar-refractivity contribution is 7.24. The molecule has 0 fully saturated rings. The number of hydrogen-bond donors (Lipinski definition) is 0. The van der Waals surface area contributed by atoms with Crippen molar-refractivity contribution in [2.24, 2.45) is 0 Å². The molecule has 99 valence electrons. The molecule has 0 spiro atoms. The molecular formula is C15H9B2O3S. The molecule has 0 bridgehead atoms. The first-order valence-electron chi connectivity index (χ1n) is 6.35. The fraction of sp³-hybridized carbons (Fsp3) is 0.0667. The zero-order valence-corrected chi connectivity index (χ0v) is 11.9. The van der Waals surface area contributed by atoms with E-state index in [0.29, 0.717) is 16.5 Å². The van der Waals surface area contributed by atoms with Gasteiger partial charge in [0.2, 0.25) is 0 Å². The van der Waals surface area contributed by atoms with Gasteiger partial charge in [0.1, 0.15) is 18.0 Å². The van der Waals surface area contributed by atoms with Crippen molar-refractivity contribution in [3.05, 3.63) is 52.7 Å². The molecule has 3 rings (SSSR count). The number of rotatable bonds is 4. The highest BCUT2D eigenvalue weighted by Crippen LogP contribution is 2.27. The number of hydrogen-bond acceptors (Lipinski definition) is 4. The molecule has 0 amide bonds. The summed E-state index contributed by atoms with van der Waals surface area (Å²) < 4.78 is 7.19. The lowest BCUT2D eigenvalue weighted by atomic mass is 9.53. The summed E-state index contributed by atoms with van der Waals surface area (Å²) in [5.41, 5.74) is -0.333. The fourth-order valence-electron chi connectivity index (χ4n) is 2.07. The van der Waals surface area contributed by atoms with Crippen LogP contribution in [0.25, 0.3) is 20.2 Å². The lowest BCUT2D eigenvalue weighted by molar-refractivity contribution is -0.113. The van der Waals surface area contributed by atoms with Crippen LogP contribution in [-0.2, 0) is 4.79 Å². The fourth-order valence-corrected chi connectivity index (χ4v) is 3.13. The van der Waals surface area contributed by atoms with Gasteiger partial charge in [-0.05, 0) is 30.3 Å². The molecule has 0 saturated carbocycles. The minimum Gasteiger partial charge on any atom is -0.487 e. The van der Waals surface area contributed by atoms with Gasteiger partial charge in [0.05, 0.1) is 0 Å². The van der Waals surface area contributed by atoms with Crippen molar-refractivity contribution in [2.75, 3.05) is 6.61 Å². The predicted octanol–water partition coefficient (Wildman–Crippen LogP) is 2.11. The molecule has 0 aliphatic rings. The largest absolute Gasteiger partial charge is 0.487 e. The summed E-state index contributed by atoms with van der Waals surface area (Å²) in [6, 6.07) is 12.8. The van der Waals surface area contributed by atoms with Crippen molar-refractivity contribution < 1.29 is 9.53 Å². The SMILES string of the molecule is [B][B]C(=O)COc1ccc2sc3ccccc3c(=O)c2c1. The van der Waals surface area contributed by atoms with Crippen LogP contribution in [0.15, 0.2) is 47.3 Å². The molecule has 1 aromatic heterocycles. The Kier molecular flexibility index (Phi) is 3.80. The van der Waals surface area contributed by atoms with Gasteiger partial charge in [0.25, 0.3) is 0 Å². The lowest BCUT2D eigenvalue weighted by Crippen LogP contribution is -2.18. The third kappa shape index (κ3) is 2.72. The topological polar surface area (TPSA) is 43.4 Å². The van der Waals surface area contributed by atoms with Crippen molar-refractivity contribution >= 4 is 52.1 Å². The van der Waals surface area contributed by atoms with Crippen molar-refractivity contribution in [3.63, 3.8) is 0 Å². The second-order valence-electron chi connectivity index (χ2n) is 4.51. The number of carbonyl (C=O) groups is 1. The summed E-state index contributed by atoms with van der Waals surface area (Å²) >= 11 is 1.55. The van der Waals surface area contributed by atoms with Gasteiger partial charge in [-0.15, -0.1) is 11.3 Å². The molecule has 0 unspecified atom stereocenters. The second kappa shape index (κ2) is 5.74. The van der Waals surface area contributed by atoms with Gasteiger partial charge in [-0.3, -0.25) is 4.79 Å². The molecular weight excluding hydrogens is 282 g/mol. The molecule has 6 heteroatoms. The number of carbonyl (C=O) groups excluding carboxylic acids is 1. The Morgan fingerprint density at radius 2 is 1.90 bits per heavy atom. The molecule has 21 heavy (non-hydrogen) atoms. The van der Waals surface area contributed by atoms with Gasteiger partial charge in [0.15, 0.2) is 12.6 Å². The Hall–Kier alpha value is -2.07. The maximum absolute atomic E-state index is 12.5. The summed E-state index contributed by atoms with van der Waals surface area (Å²) in [6.07, 6.45) is 0. The first-order valence-corrected chi connectivity index (χ1v) is 7.17. The Morgan fingerprint density at radius 1 is 1.14 bits per heavy atom. The van der Waals surface area contributed by atoms with Gasteiger partial charge in [0, 0.05) is 27.9 Å². The highest BCUT2D eigenvalue weighted by Gasteiger charge is 2.07. The summed E-state index contributed by atoms with van der Waals surface area (Å²) in [7, 11) is 6.08. The van der Waals surface area contributed by atoms with Crippen LogP contribution in [0, 0.1) is 0 Å². The normalized spacial score (nSPS) is 10.7. The Bertz CT molecular complexity index is 889. The predicted molar refractivity (Wildman–Crippen MR) is 87.6 cm³/mol. The molecule has 0 N–H and O–H groups in total. The molecule has 0 atom stereocenters. The molecule has 0 aliphatic heterocycles. The quantitative estimate of drug-likeness (QED) is 0.546. The van der Waals surface area contributed by atoms with Crippen LogP contribution in [-0.4, -0.2) is 27.2 Å². The standard InChI is InChI=1S/C15H9B2O3S/c16-17-14(18)8-20-9-5-6-13-11(7-9)15(19)10-3-1-2-4-12(10)21-13/h1-7H,8H2. The van der Waals surface area contributed by atoms with Gasteiger partial charge < -0.3 is 9.53 Å². The Balaban J connectivity index is 2.08. The van der Waals surface area contributed by atoms with Crippen LogP contribution >= 0.6 is 11.3 Å².